The van der Waals surface area contributed by atoms with Crippen molar-refractivity contribution < 1.29 is 18.9 Å². The van der Waals surface area contributed by atoms with E-state index in [9.17, 15) is 24.1 Å². The zero-order chi connectivity index (χ0) is 24.1. The summed E-state index contributed by atoms with van der Waals surface area (Å²) in [5, 5.41) is 14.0. The molecule has 8 nitrogen and oxygen atoms in total. The molecule has 0 radical (unpaired) electrons. The van der Waals surface area contributed by atoms with Gasteiger partial charge in [0.05, 0.1) is 11.0 Å². The number of nitrogens with one attached hydrogen (secondary N) is 1. The van der Waals surface area contributed by atoms with Gasteiger partial charge in [0.1, 0.15) is 5.82 Å². The van der Waals surface area contributed by atoms with E-state index in [1.807, 2.05) is 0 Å². The van der Waals surface area contributed by atoms with Crippen molar-refractivity contribution in [1.29, 1.82) is 0 Å². The third-order valence-corrected chi connectivity index (χ3v) is 6.77. The summed E-state index contributed by atoms with van der Waals surface area (Å²) < 4.78 is 13.5. The van der Waals surface area contributed by atoms with Gasteiger partial charge in [-0.3, -0.25) is 24.6 Å². The summed E-state index contributed by atoms with van der Waals surface area (Å²) in [5.41, 5.74) is 0.898. The average Bonchev–Trinajstić information content (AvgIpc) is 3.37. The van der Waals surface area contributed by atoms with Crippen LogP contribution in [0.4, 0.5) is 10.1 Å². The average molecular weight is 469 g/mol. The number of nitro groups is 1. The molecule has 0 spiro atoms. The van der Waals surface area contributed by atoms with E-state index in [2.05, 4.69) is 10.2 Å². The Labute approximate surface area is 197 Å². The lowest BCUT2D eigenvalue weighted by Gasteiger charge is -2.40. The molecule has 9 heteroatoms. The number of rotatable bonds is 7. The Morgan fingerprint density at radius 2 is 1.76 bits per heavy atom. The highest BCUT2D eigenvalue weighted by atomic mass is 19.1. The molecule has 1 saturated carbocycles. The third-order valence-electron chi connectivity index (χ3n) is 6.77. The van der Waals surface area contributed by atoms with Crippen LogP contribution < -0.4 is 5.32 Å². The van der Waals surface area contributed by atoms with E-state index < -0.39 is 4.92 Å². The van der Waals surface area contributed by atoms with Gasteiger partial charge in [-0.15, -0.1) is 0 Å². The maximum absolute atomic E-state index is 13.5. The van der Waals surface area contributed by atoms with Gasteiger partial charge < -0.3 is 10.2 Å². The molecule has 1 N–H and O–H groups in total. The molecule has 34 heavy (non-hydrogen) atoms. The van der Waals surface area contributed by atoms with Gasteiger partial charge in [0.25, 0.3) is 11.6 Å². The molecule has 2 aliphatic rings. The number of benzene rings is 2. The topological polar surface area (TPSA) is 95.8 Å². The van der Waals surface area contributed by atoms with Crippen molar-refractivity contribution in [2.75, 3.05) is 26.2 Å². The standard InChI is InChI=1S/C25H29FN4O4/c26-21-9-3-5-18(15-21)17-27-24(31)23(19-6-1-2-7-19)28-11-13-29(14-12-28)25(32)20-8-4-10-22(16-20)30(33)34/h3-5,8-10,15-16,19,23H,1-2,6-7,11-14,17H2,(H,27,31)/t23-/m1/s1. The lowest BCUT2D eigenvalue weighted by atomic mass is 9.94. The summed E-state index contributed by atoms with van der Waals surface area (Å²) >= 11 is 0. The van der Waals surface area contributed by atoms with E-state index in [1.54, 1.807) is 23.1 Å². The van der Waals surface area contributed by atoms with Crippen LogP contribution in [0.3, 0.4) is 0 Å². The fraction of sp³-hybridized carbons (Fsp3) is 0.440. The summed E-state index contributed by atoms with van der Waals surface area (Å²) in [5.74, 6) is -0.374. The number of non-ortho nitro benzene ring substituents is 1. The molecular formula is C25H29FN4O4. The molecule has 2 amide bonds. The second-order valence-electron chi connectivity index (χ2n) is 8.97. The van der Waals surface area contributed by atoms with Crippen molar-refractivity contribution in [1.82, 2.24) is 15.1 Å². The molecule has 1 saturated heterocycles. The fourth-order valence-corrected chi connectivity index (χ4v) is 5.03. The van der Waals surface area contributed by atoms with Crippen LogP contribution in [0.2, 0.25) is 0 Å². The predicted octanol–water partition coefficient (Wildman–Crippen LogP) is 3.37. The smallest absolute Gasteiger partial charge is 0.270 e. The number of nitro benzene ring substituents is 1. The molecule has 4 rings (SSSR count). The number of carbonyl (C=O) groups is 2. The van der Waals surface area contributed by atoms with Gasteiger partial charge in [-0.2, -0.15) is 0 Å². The van der Waals surface area contributed by atoms with Crippen LogP contribution in [0.25, 0.3) is 0 Å². The van der Waals surface area contributed by atoms with Crippen LogP contribution in [-0.4, -0.2) is 58.8 Å². The summed E-state index contributed by atoms with van der Waals surface area (Å²) in [4.78, 5) is 40.5. The number of nitrogens with zero attached hydrogens (tertiary/aromatic N) is 3. The van der Waals surface area contributed by atoms with Crippen molar-refractivity contribution in [3.8, 4) is 0 Å². The summed E-state index contributed by atoms with van der Waals surface area (Å²) in [6, 6.07) is 11.7. The Balaban J connectivity index is 1.39. The quantitative estimate of drug-likeness (QED) is 0.497. The molecule has 1 heterocycles. The van der Waals surface area contributed by atoms with Gasteiger partial charge in [-0.1, -0.05) is 31.0 Å². The Bertz CT molecular complexity index is 1050. The van der Waals surface area contributed by atoms with Crippen molar-refractivity contribution in [3.05, 3.63) is 75.6 Å². The van der Waals surface area contributed by atoms with Crippen molar-refractivity contribution in [3.63, 3.8) is 0 Å². The Morgan fingerprint density at radius 1 is 1.06 bits per heavy atom. The minimum absolute atomic E-state index is 0.0605. The Morgan fingerprint density at radius 3 is 2.44 bits per heavy atom. The van der Waals surface area contributed by atoms with Crippen molar-refractivity contribution >= 4 is 17.5 Å². The number of carbonyl (C=O) groups excluding carboxylic acids is 2. The molecule has 1 atom stereocenters. The largest absolute Gasteiger partial charge is 0.351 e. The first kappa shape index (κ1) is 23.8. The van der Waals surface area contributed by atoms with E-state index in [0.717, 1.165) is 25.7 Å². The summed E-state index contributed by atoms with van der Waals surface area (Å²) in [7, 11) is 0. The fourth-order valence-electron chi connectivity index (χ4n) is 5.03. The number of hydrogen-bond acceptors (Lipinski definition) is 5. The number of amides is 2. The highest BCUT2D eigenvalue weighted by molar-refractivity contribution is 5.95. The predicted molar refractivity (Wildman–Crippen MR) is 125 cm³/mol. The van der Waals surface area contributed by atoms with Crippen LogP contribution in [0.15, 0.2) is 48.5 Å². The molecule has 2 aromatic carbocycles. The van der Waals surface area contributed by atoms with E-state index in [4.69, 9.17) is 0 Å². The molecule has 0 aromatic heterocycles. The van der Waals surface area contributed by atoms with Crippen LogP contribution >= 0.6 is 0 Å². The molecule has 2 aromatic rings. The zero-order valence-electron chi connectivity index (χ0n) is 19.0. The normalized spacial score (nSPS) is 18.0. The van der Waals surface area contributed by atoms with Crippen molar-refractivity contribution in [2.45, 2.75) is 38.3 Å². The van der Waals surface area contributed by atoms with Gasteiger partial charge in [0.2, 0.25) is 5.91 Å². The molecular weight excluding hydrogens is 439 g/mol. The first-order valence-corrected chi connectivity index (χ1v) is 11.7. The number of halogens is 1. The Kier molecular flexibility index (Phi) is 7.52. The Hall–Kier alpha value is -3.33. The SMILES string of the molecule is O=C(NCc1cccc(F)c1)[C@@H](C1CCCC1)N1CCN(C(=O)c2cccc([N+](=O)[O-])c2)CC1. The molecule has 180 valence electrons. The lowest BCUT2D eigenvalue weighted by Crippen LogP contribution is -2.57. The van der Waals surface area contributed by atoms with Gasteiger partial charge in [-0.05, 0) is 42.5 Å². The van der Waals surface area contributed by atoms with E-state index in [1.165, 1.54) is 30.3 Å². The van der Waals surface area contributed by atoms with E-state index in [0.29, 0.717) is 37.3 Å². The van der Waals surface area contributed by atoms with Gasteiger partial charge >= 0.3 is 0 Å². The summed E-state index contributed by atoms with van der Waals surface area (Å²) in [6.45, 7) is 2.26. The van der Waals surface area contributed by atoms with E-state index in [-0.39, 0.29) is 41.8 Å². The van der Waals surface area contributed by atoms with E-state index >= 15 is 0 Å². The van der Waals surface area contributed by atoms with Crippen LogP contribution in [0.1, 0.15) is 41.6 Å². The zero-order valence-corrected chi connectivity index (χ0v) is 19.0. The molecule has 0 bridgehead atoms. The van der Waals surface area contributed by atoms with Gasteiger partial charge in [0, 0.05) is 50.4 Å². The van der Waals surface area contributed by atoms with Gasteiger partial charge in [0.15, 0.2) is 0 Å². The minimum Gasteiger partial charge on any atom is -0.351 e. The number of hydrogen-bond donors (Lipinski definition) is 1. The van der Waals surface area contributed by atoms with Crippen LogP contribution in [0, 0.1) is 21.8 Å². The highest BCUT2D eigenvalue weighted by Crippen LogP contribution is 2.31. The second kappa shape index (κ2) is 10.7. The first-order chi connectivity index (χ1) is 16.4. The maximum Gasteiger partial charge on any atom is 0.270 e. The third kappa shape index (κ3) is 5.59. The number of piperazine rings is 1. The van der Waals surface area contributed by atoms with Gasteiger partial charge in [-0.25, -0.2) is 4.39 Å². The molecule has 2 fully saturated rings. The molecule has 1 aliphatic carbocycles. The molecule has 0 unspecified atom stereocenters. The maximum atomic E-state index is 13.5. The van der Waals surface area contributed by atoms with Crippen LogP contribution in [0.5, 0.6) is 0 Å². The second-order valence-corrected chi connectivity index (χ2v) is 8.97. The van der Waals surface area contributed by atoms with Crippen molar-refractivity contribution in [2.24, 2.45) is 5.92 Å². The molecule has 1 aliphatic heterocycles. The lowest BCUT2D eigenvalue weighted by molar-refractivity contribution is -0.384. The van der Waals surface area contributed by atoms with Crippen LogP contribution in [-0.2, 0) is 11.3 Å². The minimum atomic E-state index is -0.511. The highest BCUT2D eigenvalue weighted by Gasteiger charge is 2.37. The first-order valence-electron chi connectivity index (χ1n) is 11.7. The summed E-state index contributed by atoms with van der Waals surface area (Å²) in [6.07, 6.45) is 4.18. The monoisotopic (exact) mass is 468 g/mol.